The Morgan fingerprint density at radius 1 is 1.21 bits per heavy atom. The van der Waals surface area contributed by atoms with Crippen molar-refractivity contribution >= 4 is 44.4 Å². The summed E-state index contributed by atoms with van der Waals surface area (Å²) in [6.07, 6.45) is 2.63. The van der Waals surface area contributed by atoms with Crippen LogP contribution in [0, 0.1) is 6.92 Å². The monoisotopic (exact) mass is 464 g/mol. The van der Waals surface area contributed by atoms with Crippen molar-refractivity contribution in [2.24, 2.45) is 0 Å². The summed E-state index contributed by atoms with van der Waals surface area (Å²) < 4.78 is 14.0. The van der Waals surface area contributed by atoms with Crippen LogP contribution in [0.3, 0.4) is 0 Å². The molecule has 0 radical (unpaired) electrons. The Labute approximate surface area is 194 Å². The maximum Gasteiger partial charge on any atom is 0.325 e. The van der Waals surface area contributed by atoms with Crippen LogP contribution in [-0.4, -0.2) is 59.7 Å². The molecule has 0 spiro atoms. The fraction of sp³-hybridized carbons (Fsp3) is 0.292. The average Bonchev–Trinajstić information content (AvgIpc) is 3.54. The van der Waals surface area contributed by atoms with Crippen molar-refractivity contribution in [3.05, 3.63) is 53.2 Å². The van der Waals surface area contributed by atoms with Gasteiger partial charge in [0.15, 0.2) is 0 Å². The molecule has 4 aromatic rings. The van der Waals surface area contributed by atoms with Gasteiger partial charge < -0.3 is 19.7 Å². The van der Waals surface area contributed by atoms with Gasteiger partial charge in [-0.3, -0.25) is 14.3 Å². The second-order valence-corrected chi connectivity index (χ2v) is 9.08. The van der Waals surface area contributed by atoms with E-state index in [1.165, 1.54) is 11.3 Å². The van der Waals surface area contributed by atoms with Gasteiger partial charge in [-0.15, -0.1) is 11.3 Å². The van der Waals surface area contributed by atoms with Crippen molar-refractivity contribution in [3.8, 4) is 11.5 Å². The third-order valence-electron chi connectivity index (χ3n) is 5.95. The first-order chi connectivity index (χ1) is 16.0. The van der Waals surface area contributed by atoms with Crippen LogP contribution in [0.1, 0.15) is 21.8 Å². The molecule has 1 aromatic carbocycles. The van der Waals surface area contributed by atoms with Gasteiger partial charge in [-0.1, -0.05) is 0 Å². The first kappa shape index (κ1) is 21.4. The second-order valence-electron chi connectivity index (χ2n) is 8.03. The van der Waals surface area contributed by atoms with Crippen LogP contribution in [0.25, 0.3) is 21.1 Å². The number of hydrogen-bond donors (Lipinski definition) is 1. The number of hydrogen-bond acceptors (Lipinski definition) is 6. The summed E-state index contributed by atoms with van der Waals surface area (Å²) in [5.74, 6) is 1.28. The van der Waals surface area contributed by atoms with E-state index in [-0.39, 0.29) is 18.0 Å². The molecule has 0 bridgehead atoms. The molecule has 1 saturated heterocycles. The highest BCUT2D eigenvalue weighted by atomic mass is 32.1. The highest BCUT2D eigenvalue weighted by Crippen LogP contribution is 2.36. The summed E-state index contributed by atoms with van der Waals surface area (Å²) in [6, 6.07) is 11.0. The van der Waals surface area contributed by atoms with Crippen molar-refractivity contribution in [1.29, 1.82) is 0 Å². The molecule has 0 saturated carbocycles. The van der Waals surface area contributed by atoms with E-state index in [9.17, 15) is 9.59 Å². The van der Waals surface area contributed by atoms with Crippen LogP contribution in [0.5, 0.6) is 11.5 Å². The molecule has 0 unspecified atom stereocenters. The molecule has 1 atom stereocenters. The minimum absolute atomic E-state index is 0.00376. The summed E-state index contributed by atoms with van der Waals surface area (Å²) in [5, 5.41) is 3.57. The van der Waals surface area contributed by atoms with Crippen molar-refractivity contribution in [3.63, 3.8) is 0 Å². The van der Waals surface area contributed by atoms with Crippen molar-refractivity contribution in [1.82, 2.24) is 19.8 Å². The SMILES string of the molecule is CNC(=O)n1c(C)cc2cc(Oc3ccnc4cc(C(=O)N5CC[C@H](OC)C5)sc34)ccc21. The number of pyridine rings is 1. The van der Waals surface area contributed by atoms with Gasteiger partial charge in [-0.2, -0.15) is 0 Å². The number of methoxy groups -OCH3 is 1. The van der Waals surface area contributed by atoms with Crippen LogP contribution in [-0.2, 0) is 4.74 Å². The van der Waals surface area contributed by atoms with Gasteiger partial charge >= 0.3 is 6.03 Å². The van der Waals surface area contributed by atoms with Gasteiger partial charge in [0.2, 0.25) is 0 Å². The smallest absolute Gasteiger partial charge is 0.325 e. The standard InChI is InChI=1S/C24H24N4O4S/c1-14-10-15-11-16(4-5-19(15)28(14)24(30)25-2)32-20-6-8-26-18-12-21(33-22(18)20)23(29)27-9-7-17(13-27)31-3/h4-6,8,10-12,17H,7,9,13H2,1-3H3,(H,25,30)/t17-/m0/s1. The van der Waals surface area contributed by atoms with Gasteiger partial charge in [0.25, 0.3) is 5.91 Å². The zero-order valence-electron chi connectivity index (χ0n) is 18.6. The average molecular weight is 465 g/mol. The highest BCUT2D eigenvalue weighted by Gasteiger charge is 2.28. The Morgan fingerprint density at radius 2 is 2.06 bits per heavy atom. The van der Waals surface area contributed by atoms with Gasteiger partial charge in [0.1, 0.15) is 11.5 Å². The third kappa shape index (κ3) is 3.83. The number of carbonyl (C=O) groups is 2. The van der Waals surface area contributed by atoms with Crippen LogP contribution in [0.15, 0.2) is 42.6 Å². The van der Waals surface area contributed by atoms with Gasteiger partial charge in [-0.25, -0.2) is 4.79 Å². The van der Waals surface area contributed by atoms with E-state index in [2.05, 4.69) is 10.3 Å². The number of aromatic nitrogens is 2. The lowest BCUT2D eigenvalue weighted by Gasteiger charge is -2.14. The maximum atomic E-state index is 13.0. The molecule has 2 amide bonds. The van der Waals surface area contributed by atoms with E-state index in [0.29, 0.717) is 29.5 Å². The molecule has 0 aliphatic carbocycles. The summed E-state index contributed by atoms with van der Waals surface area (Å²) in [5.41, 5.74) is 2.38. The Hall–Kier alpha value is -3.43. The van der Waals surface area contributed by atoms with Crippen LogP contribution < -0.4 is 10.1 Å². The van der Waals surface area contributed by atoms with Crippen molar-refractivity contribution < 1.29 is 19.1 Å². The number of nitrogens with one attached hydrogen (secondary N) is 1. The number of thiophene rings is 1. The zero-order valence-corrected chi connectivity index (χ0v) is 19.4. The summed E-state index contributed by atoms with van der Waals surface area (Å²) in [6.45, 7) is 3.19. The molecule has 4 heterocycles. The van der Waals surface area contributed by atoms with E-state index < -0.39 is 0 Å². The van der Waals surface area contributed by atoms with Crippen LogP contribution in [0.4, 0.5) is 4.79 Å². The number of amides is 2. The fourth-order valence-corrected chi connectivity index (χ4v) is 5.30. The largest absolute Gasteiger partial charge is 0.456 e. The van der Waals surface area contributed by atoms with Gasteiger partial charge in [0, 0.05) is 50.6 Å². The minimum Gasteiger partial charge on any atom is -0.456 e. The van der Waals surface area contributed by atoms with Gasteiger partial charge in [-0.05, 0) is 43.7 Å². The molecule has 170 valence electrons. The number of carbonyl (C=O) groups excluding carboxylic acids is 2. The molecule has 1 aliphatic heterocycles. The van der Waals surface area contributed by atoms with Crippen LogP contribution in [0.2, 0.25) is 0 Å². The molecular weight excluding hydrogens is 440 g/mol. The van der Waals surface area contributed by atoms with E-state index >= 15 is 0 Å². The quantitative estimate of drug-likeness (QED) is 0.484. The number of likely N-dealkylation sites (tertiary alicyclic amines) is 1. The van der Waals surface area contributed by atoms with E-state index in [0.717, 1.165) is 33.2 Å². The highest BCUT2D eigenvalue weighted by molar-refractivity contribution is 7.21. The maximum absolute atomic E-state index is 13.0. The number of rotatable bonds is 4. The summed E-state index contributed by atoms with van der Waals surface area (Å²) in [4.78, 5) is 32.1. The Kier molecular flexibility index (Phi) is 5.51. The van der Waals surface area contributed by atoms with E-state index in [1.807, 2.05) is 42.2 Å². The molecule has 9 heteroatoms. The predicted molar refractivity (Wildman–Crippen MR) is 128 cm³/mol. The fourth-order valence-electron chi connectivity index (χ4n) is 4.26. The Bertz CT molecular complexity index is 1380. The lowest BCUT2D eigenvalue weighted by Crippen LogP contribution is -2.29. The second kappa shape index (κ2) is 8.49. The summed E-state index contributed by atoms with van der Waals surface area (Å²) >= 11 is 1.39. The molecule has 3 aromatic heterocycles. The lowest BCUT2D eigenvalue weighted by molar-refractivity contribution is 0.0728. The molecule has 5 rings (SSSR count). The number of fused-ring (bicyclic) bond motifs is 2. The normalized spacial score (nSPS) is 16.0. The molecule has 1 aliphatic rings. The van der Waals surface area contributed by atoms with Crippen molar-refractivity contribution in [2.45, 2.75) is 19.4 Å². The predicted octanol–water partition coefficient (Wildman–Crippen LogP) is 4.40. The number of benzene rings is 1. The van der Waals surface area contributed by atoms with Crippen LogP contribution >= 0.6 is 11.3 Å². The Morgan fingerprint density at radius 3 is 2.82 bits per heavy atom. The molecule has 1 fully saturated rings. The third-order valence-corrected chi connectivity index (χ3v) is 7.08. The van der Waals surface area contributed by atoms with Crippen molar-refractivity contribution in [2.75, 3.05) is 27.2 Å². The van der Waals surface area contributed by atoms with E-state index in [4.69, 9.17) is 9.47 Å². The molecule has 1 N–H and O–H groups in total. The van der Waals surface area contributed by atoms with Gasteiger partial charge in [0.05, 0.1) is 26.7 Å². The molecular formula is C24H24N4O4S. The first-order valence-corrected chi connectivity index (χ1v) is 11.5. The minimum atomic E-state index is -0.183. The lowest BCUT2D eigenvalue weighted by atomic mass is 10.2. The number of aryl methyl sites for hydroxylation is 1. The molecule has 33 heavy (non-hydrogen) atoms. The first-order valence-electron chi connectivity index (χ1n) is 10.7. The topological polar surface area (TPSA) is 85.7 Å². The number of ether oxygens (including phenoxy) is 2. The number of nitrogens with zero attached hydrogens (tertiary/aromatic N) is 3. The summed E-state index contributed by atoms with van der Waals surface area (Å²) in [7, 11) is 3.29. The zero-order chi connectivity index (χ0) is 23.1. The molecule has 8 nitrogen and oxygen atoms in total. The Balaban J connectivity index is 1.44. The van der Waals surface area contributed by atoms with E-state index in [1.54, 1.807) is 31.0 Å².